The summed E-state index contributed by atoms with van der Waals surface area (Å²) >= 11 is 1.67. The molecule has 0 amide bonds. The lowest BCUT2D eigenvalue weighted by Crippen LogP contribution is -2.41. The van der Waals surface area contributed by atoms with Gasteiger partial charge in [-0.1, -0.05) is 37.3 Å². The number of rotatable bonds is 5. The fourth-order valence-electron chi connectivity index (χ4n) is 1.82. The van der Waals surface area contributed by atoms with Gasteiger partial charge in [-0.3, -0.25) is 4.99 Å². The van der Waals surface area contributed by atoms with Gasteiger partial charge in [-0.05, 0) is 13.3 Å². The molecule has 0 radical (unpaired) electrons. The van der Waals surface area contributed by atoms with Crippen molar-refractivity contribution in [2.75, 3.05) is 7.05 Å². The van der Waals surface area contributed by atoms with E-state index in [9.17, 15) is 0 Å². The Balaban J connectivity index is 1.94. The molecular weight excluding hydrogens is 280 g/mol. The number of benzene rings is 1. The summed E-state index contributed by atoms with van der Waals surface area (Å²) < 4.78 is 0. The molecule has 112 valence electrons. The Labute approximate surface area is 130 Å². The van der Waals surface area contributed by atoms with Crippen LogP contribution in [0.1, 0.15) is 25.3 Å². The van der Waals surface area contributed by atoms with Crippen molar-refractivity contribution in [2.24, 2.45) is 4.99 Å². The van der Waals surface area contributed by atoms with Gasteiger partial charge in [0.1, 0.15) is 5.01 Å². The second kappa shape index (κ2) is 7.78. The van der Waals surface area contributed by atoms with Crippen LogP contribution in [0.2, 0.25) is 0 Å². The Hall–Kier alpha value is -1.88. The smallest absolute Gasteiger partial charge is 0.191 e. The molecule has 0 saturated carbocycles. The van der Waals surface area contributed by atoms with Gasteiger partial charge in [-0.2, -0.15) is 0 Å². The number of aromatic nitrogens is 1. The minimum Gasteiger partial charge on any atom is -0.354 e. The second-order valence-electron chi connectivity index (χ2n) is 4.87. The number of aliphatic imine (C=N–C) groups is 1. The van der Waals surface area contributed by atoms with Gasteiger partial charge in [0.25, 0.3) is 0 Å². The molecule has 1 aromatic carbocycles. The Morgan fingerprint density at radius 1 is 1.33 bits per heavy atom. The molecule has 1 unspecified atom stereocenters. The molecule has 2 aromatic rings. The first kappa shape index (κ1) is 15.5. The van der Waals surface area contributed by atoms with Gasteiger partial charge in [-0.15, -0.1) is 11.3 Å². The average Bonchev–Trinajstić information content (AvgIpc) is 3.01. The third kappa shape index (κ3) is 4.56. The summed E-state index contributed by atoms with van der Waals surface area (Å²) in [5.74, 6) is 0.820. The first-order valence-electron chi connectivity index (χ1n) is 7.20. The highest BCUT2D eigenvalue weighted by Gasteiger charge is 2.06. The standard InChI is InChI=1S/C16H22N4S/c1-4-12(2)19-16(17-3)18-10-15-20-14(11-21-15)13-8-6-5-7-9-13/h5-9,11-12H,4,10H2,1-3H3,(H2,17,18,19). The largest absolute Gasteiger partial charge is 0.354 e. The topological polar surface area (TPSA) is 49.3 Å². The molecule has 21 heavy (non-hydrogen) atoms. The molecule has 0 bridgehead atoms. The van der Waals surface area contributed by atoms with Crippen molar-refractivity contribution in [1.82, 2.24) is 15.6 Å². The normalized spacial score (nSPS) is 13.0. The highest BCUT2D eigenvalue weighted by Crippen LogP contribution is 2.21. The first-order valence-corrected chi connectivity index (χ1v) is 8.08. The Morgan fingerprint density at radius 2 is 2.10 bits per heavy atom. The molecule has 0 aliphatic carbocycles. The van der Waals surface area contributed by atoms with Gasteiger partial charge in [0, 0.05) is 24.0 Å². The van der Waals surface area contributed by atoms with Gasteiger partial charge in [0.2, 0.25) is 0 Å². The predicted molar refractivity (Wildman–Crippen MR) is 90.6 cm³/mol. The maximum absolute atomic E-state index is 4.66. The summed E-state index contributed by atoms with van der Waals surface area (Å²) in [4.78, 5) is 8.89. The van der Waals surface area contributed by atoms with Crippen molar-refractivity contribution in [3.63, 3.8) is 0 Å². The highest BCUT2D eigenvalue weighted by molar-refractivity contribution is 7.09. The Bertz CT molecular complexity index is 577. The zero-order valence-electron chi connectivity index (χ0n) is 12.8. The summed E-state index contributed by atoms with van der Waals surface area (Å²) in [6.07, 6.45) is 1.07. The molecule has 1 heterocycles. The molecule has 0 saturated heterocycles. The van der Waals surface area contributed by atoms with Gasteiger partial charge in [-0.25, -0.2) is 4.98 Å². The number of thiazole rings is 1. The van der Waals surface area contributed by atoms with Crippen LogP contribution in [0, 0.1) is 0 Å². The van der Waals surface area contributed by atoms with E-state index in [1.165, 1.54) is 0 Å². The van der Waals surface area contributed by atoms with Crippen molar-refractivity contribution >= 4 is 17.3 Å². The zero-order chi connectivity index (χ0) is 15.1. The van der Waals surface area contributed by atoms with Crippen LogP contribution in [0.3, 0.4) is 0 Å². The van der Waals surface area contributed by atoms with E-state index >= 15 is 0 Å². The third-order valence-corrected chi connectivity index (χ3v) is 4.10. The highest BCUT2D eigenvalue weighted by atomic mass is 32.1. The van der Waals surface area contributed by atoms with E-state index in [1.54, 1.807) is 18.4 Å². The minimum absolute atomic E-state index is 0.410. The molecule has 5 heteroatoms. The monoisotopic (exact) mass is 302 g/mol. The molecule has 4 nitrogen and oxygen atoms in total. The molecular formula is C16H22N4S. The van der Waals surface area contributed by atoms with Crippen molar-refractivity contribution in [3.05, 3.63) is 40.7 Å². The van der Waals surface area contributed by atoms with E-state index < -0.39 is 0 Å². The number of hydrogen-bond donors (Lipinski definition) is 2. The van der Waals surface area contributed by atoms with Gasteiger partial charge in [0.05, 0.1) is 12.2 Å². The van der Waals surface area contributed by atoms with E-state index in [0.717, 1.165) is 28.6 Å². The van der Waals surface area contributed by atoms with Crippen LogP contribution < -0.4 is 10.6 Å². The fraction of sp³-hybridized carbons (Fsp3) is 0.375. The molecule has 1 aromatic heterocycles. The molecule has 2 N–H and O–H groups in total. The SMILES string of the molecule is CCC(C)NC(=NC)NCc1nc(-c2ccccc2)cs1. The zero-order valence-corrected chi connectivity index (χ0v) is 13.6. The lowest BCUT2D eigenvalue weighted by Gasteiger charge is -2.15. The van der Waals surface area contributed by atoms with E-state index in [2.05, 4.69) is 52.0 Å². The first-order chi connectivity index (χ1) is 10.2. The second-order valence-corrected chi connectivity index (χ2v) is 5.81. The average molecular weight is 302 g/mol. The van der Waals surface area contributed by atoms with Crippen LogP contribution in [-0.4, -0.2) is 24.0 Å². The van der Waals surface area contributed by atoms with E-state index in [4.69, 9.17) is 0 Å². The van der Waals surface area contributed by atoms with Crippen LogP contribution in [0.4, 0.5) is 0 Å². The quantitative estimate of drug-likeness (QED) is 0.658. The van der Waals surface area contributed by atoms with Crippen LogP contribution >= 0.6 is 11.3 Å². The minimum atomic E-state index is 0.410. The lowest BCUT2D eigenvalue weighted by atomic mass is 10.2. The van der Waals surface area contributed by atoms with Crippen molar-refractivity contribution in [3.8, 4) is 11.3 Å². The van der Waals surface area contributed by atoms with Crippen LogP contribution in [0.5, 0.6) is 0 Å². The number of nitrogens with one attached hydrogen (secondary N) is 2. The summed E-state index contributed by atoms with van der Waals surface area (Å²) in [7, 11) is 1.79. The Kier molecular flexibility index (Phi) is 5.75. The van der Waals surface area contributed by atoms with Crippen LogP contribution in [-0.2, 0) is 6.54 Å². The molecule has 1 atom stereocenters. The van der Waals surface area contributed by atoms with E-state index in [-0.39, 0.29) is 0 Å². The van der Waals surface area contributed by atoms with E-state index in [0.29, 0.717) is 12.6 Å². The summed E-state index contributed by atoms with van der Waals surface area (Å²) in [5, 5.41) is 9.79. The van der Waals surface area contributed by atoms with Gasteiger partial charge >= 0.3 is 0 Å². The maximum Gasteiger partial charge on any atom is 0.191 e. The maximum atomic E-state index is 4.66. The summed E-state index contributed by atoms with van der Waals surface area (Å²) in [5.41, 5.74) is 2.18. The summed E-state index contributed by atoms with van der Waals surface area (Å²) in [6, 6.07) is 10.6. The molecule has 2 rings (SSSR count). The third-order valence-electron chi connectivity index (χ3n) is 3.25. The van der Waals surface area contributed by atoms with Gasteiger partial charge in [0.15, 0.2) is 5.96 Å². The summed E-state index contributed by atoms with van der Waals surface area (Å²) in [6.45, 7) is 4.98. The van der Waals surface area contributed by atoms with Crippen molar-refractivity contribution < 1.29 is 0 Å². The number of hydrogen-bond acceptors (Lipinski definition) is 3. The number of nitrogens with zero attached hydrogens (tertiary/aromatic N) is 2. The fourth-order valence-corrected chi connectivity index (χ4v) is 2.57. The molecule has 0 aliphatic rings. The molecule has 0 fully saturated rings. The van der Waals surface area contributed by atoms with Crippen LogP contribution in [0.15, 0.2) is 40.7 Å². The predicted octanol–water partition coefficient (Wildman–Crippen LogP) is 3.27. The van der Waals surface area contributed by atoms with Gasteiger partial charge < -0.3 is 10.6 Å². The lowest BCUT2D eigenvalue weighted by molar-refractivity contribution is 0.624. The number of guanidine groups is 1. The Morgan fingerprint density at radius 3 is 2.76 bits per heavy atom. The molecule has 0 spiro atoms. The van der Waals surface area contributed by atoms with Crippen molar-refractivity contribution in [2.45, 2.75) is 32.9 Å². The molecule has 0 aliphatic heterocycles. The van der Waals surface area contributed by atoms with E-state index in [1.807, 2.05) is 18.2 Å². The van der Waals surface area contributed by atoms with Crippen LogP contribution in [0.25, 0.3) is 11.3 Å². The van der Waals surface area contributed by atoms with Crippen molar-refractivity contribution in [1.29, 1.82) is 0 Å².